The number of aryl methyl sites for hydroxylation is 2. The number of halogens is 1. The number of carbonyl (C=O) groups excluding carboxylic acids is 1. The molecule has 2 N–H and O–H groups in total. The van der Waals surface area contributed by atoms with Gasteiger partial charge in [-0.3, -0.25) is 9.59 Å². The van der Waals surface area contributed by atoms with Crippen molar-refractivity contribution in [2.24, 2.45) is 0 Å². The van der Waals surface area contributed by atoms with Crippen molar-refractivity contribution < 1.29 is 87.9 Å². The number of fused-ring (bicyclic) bond motifs is 4. The second-order valence-electron chi connectivity index (χ2n) is 8.80. The molecule has 1 aliphatic heterocycles. The van der Waals surface area contributed by atoms with E-state index in [1.54, 1.807) is 16.9 Å². The fourth-order valence-corrected chi connectivity index (χ4v) is 5.28. The van der Waals surface area contributed by atoms with Gasteiger partial charge in [-0.2, -0.15) is 11.8 Å². The van der Waals surface area contributed by atoms with Crippen molar-refractivity contribution in [1.29, 1.82) is 0 Å². The number of hydrogen-bond acceptors (Lipinski definition) is 7. The van der Waals surface area contributed by atoms with Crippen LogP contribution < -0.4 is 79.8 Å². The van der Waals surface area contributed by atoms with Crippen LogP contribution in [-0.2, 0) is 42.1 Å². The largest absolute Gasteiger partial charge is 1.00 e. The van der Waals surface area contributed by atoms with Crippen LogP contribution in [0.15, 0.2) is 16.9 Å². The number of carbonyl (C=O) groups is 1. The summed E-state index contributed by atoms with van der Waals surface area (Å²) in [6, 6.07) is 3.22. The Morgan fingerprint density at radius 3 is 2.46 bits per heavy atom. The topological polar surface area (TPSA) is 93.5 Å². The first kappa shape index (κ1) is 36.3. The maximum atomic E-state index is 14.6. The Hall–Kier alpha value is -0.698. The molecule has 0 amide bonds. The first-order valence-electron chi connectivity index (χ1n) is 12.6. The third kappa shape index (κ3) is 7.39. The van der Waals surface area contributed by atoms with Gasteiger partial charge >= 0.3 is 74.9 Å². The van der Waals surface area contributed by atoms with Crippen molar-refractivity contribution in [2.45, 2.75) is 59.8 Å². The van der Waals surface area contributed by atoms with Gasteiger partial charge in [0, 0.05) is 17.0 Å². The molecule has 10 heteroatoms. The molecule has 1 aromatic carbocycles. The third-order valence-electron chi connectivity index (χ3n) is 6.53. The first-order chi connectivity index (χ1) is 17.9. The van der Waals surface area contributed by atoms with Gasteiger partial charge in [0.05, 0.1) is 41.4 Å². The summed E-state index contributed by atoms with van der Waals surface area (Å²) in [7, 11) is 3.75. The molecule has 3 aromatic rings. The van der Waals surface area contributed by atoms with E-state index in [0.29, 0.717) is 34.6 Å². The molecule has 2 aromatic heterocycles. The maximum absolute atomic E-state index is 14.6. The van der Waals surface area contributed by atoms with Gasteiger partial charge in [-0.15, -0.1) is 0 Å². The molecule has 0 fully saturated rings. The molecule has 0 atom stereocenters. The number of pyridine rings is 2. The van der Waals surface area contributed by atoms with Gasteiger partial charge in [-0.1, -0.05) is 13.8 Å². The average molecular weight is 678 g/mol. The fraction of sp³-hybridized carbons (Fsp3) is 0.448. The van der Waals surface area contributed by atoms with E-state index in [9.17, 15) is 19.1 Å². The number of benzene rings is 1. The summed E-state index contributed by atoms with van der Waals surface area (Å²) in [6.45, 7) is 5.65. The third-order valence-corrected chi connectivity index (χ3v) is 7.06. The molecule has 2 aliphatic rings. The number of esters is 1. The normalized spacial score (nSPS) is 12.0. The number of nitrogens with one attached hydrogen (secondary N) is 1. The van der Waals surface area contributed by atoms with Gasteiger partial charge in [0.25, 0.3) is 5.56 Å². The molecule has 7 nitrogen and oxygen atoms in total. The van der Waals surface area contributed by atoms with Crippen LogP contribution in [0.1, 0.15) is 53.6 Å². The fourth-order valence-electron chi connectivity index (χ4n) is 4.96. The van der Waals surface area contributed by atoms with Crippen LogP contribution in [0, 0.1) is 20.2 Å². The number of aromatic nitrogens is 2. The Kier molecular flexibility index (Phi) is 15.5. The zero-order valence-electron chi connectivity index (χ0n) is 24.5. The van der Waals surface area contributed by atoms with E-state index in [1.807, 2.05) is 34.9 Å². The standard InChI is InChI=1S/C24H23FN2O4S.C2H7N.C2H6.CH3.Cs/c1-12-14-4-3-5-15-16-8-27-20(23(16)26-19(22(14)15)7-18(12)25)6-13(9-28)17(24(27)30)10-31-21(29)11-32-2;1-3-2;1-2;;/h6-7,28H,3-5,8-11H2,1-2H3;3H,1-2H3;1-2H3;1H3;/q;;;-1;+1. The number of hydrogen-bond donors (Lipinski definition) is 2. The molecular weight excluding hydrogens is 638 g/mol. The molecule has 0 bridgehead atoms. The molecule has 1 aliphatic carbocycles. The molecule has 0 spiro atoms. The van der Waals surface area contributed by atoms with E-state index in [2.05, 4.69) is 5.32 Å². The summed E-state index contributed by atoms with van der Waals surface area (Å²) in [5, 5.41) is 13.7. The summed E-state index contributed by atoms with van der Waals surface area (Å²) < 4.78 is 21.4. The quantitative estimate of drug-likeness (QED) is 0.245. The average Bonchev–Trinajstić information content (AvgIpc) is 3.27. The van der Waals surface area contributed by atoms with E-state index in [-0.39, 0.29) is 112 Å². The molecule has 39 heavy (non-hydrogen) atoms. The zero-order valence-corrected chi connectivity index (χ0v) is 31.6. The van der Waals surface area contributed by atoms with Gasteiger partial charge < -0.3 is 27.2 Å². The van der Waals surface area contributed by atoms with E-state index in [1.165, 1.54) is 17.8 Å². The van der Waals surface area contributed by atoms with E-state index in [4.69, 9.17) is 9.72 Å². The Morgan fingerprint density at radius 1 is 1.21 bits per heavy atom. The van der Waals surface area contributed by atoms with Crippen LogP contribution in [0.2, 0.25) is 0 Å². The zero-order chi connectivity index (χ0) is 27.3. The van der Waals surface area contributed by atoms with Gasteiger partial charge in [0.15, 0.2) is 0 Å². The van der Waals surface area contributed by atoms with Crippen molar-refractivity contribution in [3.63, 3.8) is 0 Å². The predicted molar refractivity (Wildman–Crippen MR) is 154 cm³/mol. The van der Waals surface area contributed by atoms with E-state index in [0.717, 1.165) is 41.3 Å². The molecule has 0 saturated carbocycles. The molecule has 0 radical (unpaired) electrons. The van der Waals surface area contributed by atoms with Crippen molar-refractivity contribution >= 4 is 28.6 Å². The van der Waals surface area contributed by atoms with Crippen molar-refractivity contribution in [1.82, 2.24) is 14.9 Å². The number of nitrogens with zero attached hydrogens (tertiary/aromatic N) is 2. The van der Waals surface area contributed by atoms with Crippen molar-refractivity contribution in [2.75, 3.05) is 26.1 Å². The van der Waals surface area contributed by atoms with Gasteiger partial charge in [0.1, 0.15) is 12.4 Å². The number of aliphatic hydroxyl groups excluding tert-OH is 1. The predicted octanol–water partition coefficient (Wildman–Crippen LogP) is 1.58. The summed E-state index contributed by atoms with van der Waals surface area (Å²) in [6.07, 6.45) is 4.39. The van der Waals surface area contributed by atoms with Crippen LogP contribution in [0.5, 0.6) is 0 Å². The molecule has 0 unspecified atom stereocenters. The van der Waals surface area contributed by atoms with Crippen LogP contribution in [0.3, 0.4) is 0 Å². The van der Waals surface area contributed by atoms with Crippen molar-refractivity contribution in [3.05, 3.63) is 69.1 Å². The molecule has 3 heterocycles. The number of thioether (sulfide) groups is 1. The summed E-state index contributed by atoms with van der Waals surface area (Å²) in [4.78, 5) is 29.9. The van der Waals surface area contributed by atoms with E-state index >= 15 is 0 Å². The molecule has 5 rings (SSSR count). The summed E-state index contributed by atoms with van der Waals surface area (Å²) in [5.74, 6) is -0.469. The van der Waals surface area contributed by atoms with Gasteiger partial charge in [0.2, 0.25) is 0 Å². The first-order valence-corrected chi connectivity index (χ1v) is 14.0. The van der Waals surface area contributed by atoms with Crippen LogP contribution in [-0.4, -0.2) is 46.7 Å². The Labute approximate surface area is 294 Å². The van der Waals surface area contributed by atoms with Crippen LogP contribution >= 0.6 is 11.8 Å². The smallest absolute Gasteiger partial charge is 0.460 e. The maximum Gasteiger partial charge on any atom is 1.00 e. The van der Waals surface area contributed by atoms with Crippen molar-refractivity contribution in [3.8, 4) is 11.4 Å². The molecule has 0 saturated heterocycles. The second kappa shape index (κ2) is 16.7. The molecular formula is C29H39CsFN3O4S. The Morgan fingerprint density at radius 2 is 1.85 bits per heavy atom. The monoisotopic (exact) mass is 677 g/mol. The Balaban J connectivity index is 0.00000102. The van der Waals surface area contributed by atoms with Gasteiger partial charge in [-0.05, 0) is 74.9 Å². The van der Waals surface area contributed by atoms with Crippen LogP contribution in [0.4, 0.5) is 4.39 Å². The minimum atomic E-state index is -0.406. The minimum absolute atomic E-state index is 0. The summed E-state index contributed by atoms with van der Waals surface area (Å²) >= 11 is 1.34. The van der Waals surface area contributed by atoms with Gasteiger partial charge in [-0.25, -0.2) is 9.37 Å². The second-order valence-corrected chi connectivity index (χ2v) is 9.67. The minimum Gasteiger partial charge on any atom is -0.460 e. The van der Waals surface area contributed by atoms with Crippen LogP contribution in [0.25, 0.3) is 22.3 Å². The van der Waals surface area contributed by atoms with E-state index < -0.39 is 5.97 Å². The summed E-state index contributed by atoms with van der Waals surface area (Å²) in [5.41, 5.74) is 6.09. The molecule has 208 valence electrons. The number of rotatable bonds is 5. The number of ether oxygens (including phenoxy) is 1. The SMILES string of the molecule is CC.CNC.CSCC(=O)OCc1c(CO)cc2n(c1=O)Cc1c-2nc2cc(F)c(C)c3c2c1CCC3.[CH3-].[Cs+]. The Bertz CT molecular complexity index is 1380. The number of aliphatic hydroxyl groups is 1.